The van der Waals surface area contributed by atoms with Crippen LogP contribution in [-0.4, -0.2) is 35.7 Å². The van der Waals surface area contributed by atoms with Gasteiger partial charge >= 0.3 is 6.09 Å². The predicted octanol–water partition coefficient (Wildman–Crippen LogP) is 3.64. The highest BCUT2D eigenvalue weighted by atomic mass is 19.1. The lowest BCUT2D eigenvalue weighted by Gasteiger charge is -2.28. The minimum absolute atomic E-state index is 0.116. The zero-order chi connectivity index (χ0) is 15.5. The van der Waals surface area contributed by atoms with Gasteiger partial charge in [-0.15, -0.1) is 0 Å². The van der Waals surface area contributed by atoms with E-state index in [1.807, 2.05) is 20.8 Å². The van der Waals surface area contributed by atoms with Gasteiger partial charge in [-0.2, -0.15) is 0 Å². The molecule has 1 heterocycles. The summed E-state index contributed by atoms with van der Waals surface area (Å²) in [5, 5.41) is 3.25. The predicted molar refractivity (Wildman–Crippen MR) is 80.9 cm³/mol. The molecule has 1 amide bonds. The minimum Gasteiger partial charge on any atom is -0.444 e. The Balaban J connectivity index is 1.90. The first-order valence-corrected chi connectivity index (χ1v) is 7.34. The Morgan fingerprint density at radius 3 is 2.67 bits per heavy atom. The number of benzene rings is 1. The summed E-state index contributed by atoms with van der Waals surface area (Å²) in [6, 6.07) is 6.35. The first-order valence-electron chi connectivity index (χ1n) is 7.34. The number of carbonyl (C=O) groups excluding carboxylic acids is 1. The van der Waals surface area contributed by atoms with Gasteiger partial charge in [-0.25, -0.2) is 9.18 Å². The van der Waals surface area contributed by atoms with E-state index >= 15 is 0 Å². The molecule has 0 aliphatic carbocycles. The van der Waals surface area contributed by atoms with Crippen LogP contribution in [0.5, 0.6) is 0 Å². The second kappa shape index (κ2) is 6.33. The molecular weight excluding hydrogens is 271 g/mol. The van der Waals surface area contributed by atoms with Crippen molar-refractivity contribution in [2.24, 2.45) is 0 Å². The maximum Gasteiger partial charge on any atom is 0.410 e. The summed E-state index contributed by atoms with van der Waals surface area (Å²) < 4.78 is 18.3. The topological polar surface area (TPSA) is 41.6 Å². The van der Waals surface area contributed by atoms with Crippen molar-refractivity contribution in [2.75, 3.05) is 18.4 Å². The molecular formula is C16H23FN2O2. The fourth-order valence-corrected chi connectivity index (χ4v) is 2.41. The smallest absolute Gasteiger partial charge is 0.410 e. The first kappa shape index (κ1) is 15.6. The summed E-state index contributed by atoms with van der Waals surface area (Å²) >= 11 is 0. The molecule has 116 valence electrons. The van der Waals surface area contributed by atoms with Crippen molar-refractivity contribution in [1.29, 1.82) is 0 Å². The molecule has 1 aromatic rings. The second-order valence-electron chi connectivity index (χ2n) is 6.36. The van der Waals surface area contributed by atoms with E-state index in [1.165, 1.54) is 12.1 Å². The molecule has 1 saturated heterocycles. The van der Waals surface area contributed by atoms with Gasteiger partial charge in [0.2, 0.25) is 0 Å². The molecule has 1 aliphatic heterocycles. The molecule has 1 aromatic carbocycles. The second-order valence-corrected chi connectivity index (χ2v) is 6.36. The number of anilines is 1. The number of amides is 1. The van der Waals surface area contributed by atoms with Crippen molar-refractivity contribution < 1.29 is 13.9 Å². The molecule has 0 bridgehead atoms. The number of likely N-dealkylation sites (tertiary alicyclic amines) is 1. The van der Waals surface area contributed by atoms with Crippen LogP contribution >= 0.6 is 0 Å². The molecule has 0 aromatic heterocycles. The first-order chi connectivity index (χ1) is 9.85. The summed E-state index contributed by atoms with van der Waals surface area (Å²) in [4.78, 5) is 13.9. The molecule has 5 heteroatoms. The molecule has 1 aliphatic rings. The Hall–Kier alpha value is -1.78. The third-order valence-electron chi connectivity index (χ3n) is 3.39. The lowest BCUT2D eigenvalue weighted by molar-refractivity contribution is 0.0235. The van der Waals surface area contributed by atoms with E-state index in [9.17, 15) is 9.18 Å². The molecule has 0 unspecified atom stereocenters. The number of halogens is 1. The molecule has 0 saturated carbocycles. The number of nitrogens with one attached hydrogen (secondary N) is 1. The Morgan fingerprint density at radius 2 is 2.05 bits per heavy atom. The van der Waals surface area contributed by atoms with Crippen molar-refractivity contribution in [2.45, 2.75) is 45.3 Å². The quantitative estimate of drug-likeness (QED) is 0.925. The van der Waals surface area contributed by atoms with Gasteiger partial charge < -0.3 is 15.0 Å². The lowest BCUT2D eigenvalue weighted by Crippen LogP contribution is -2.42. The van der Waals surface area contributed by atoms with Crippen LogP contribution in [0.3, 0.4) is 0 Å². The van der Waals surface area contributed by atoms with Crippen LogP contribution in [0.4, 0.5) is 14.9 Å². The maximum absolute atomic E-state index is 12.9. The average Bonchev–Trinajstić information content (AvgIpc) is 2.84. The van der Waals surface area contributed by atoms with Crippen molar-refractivity contribution in [3.05, 3.63) is 30.1 Å². The van der Waals surface area contributed by atoms with Crippen molar-refractivity contribution >= 4 is 11.8 Å². The summed E-state index contributed by atoms with van der Waals surface area (Å²) in [6.07, 6.45) is 1.67. The van der Waals surface area contributed by atoms with Crippen LogP contribution in [0.15, 0.2) is 24.3 Å². The van der Waals surface area contributed by atoms with Gasteiger partial charge in [-0.1, -0.05) is 0 Å². The van der Waals surface area contributed by atoms with E-state index < -0.39 is 5.60 Å². The fourth-order valence-electron chi connectivity index (χ4n) is 2.41. The SMILES string of the molecule is CC(C)(C)OC(=O)N1CCC[C@@H]1CNc1ccc(F)cc1. The summed E-state index contributed by atoms with van der Waals surface area (Å²) in [5.74, 6) is -0.253. The molecule has 1 N–H and O–H groups in total. The van der Waals surface area contributed by atoms with Crippen molar-refractivity contribution in [3.63, 3.8) is 0 Å². The van der Waals surface area contributed by atoms with E-state index in [0.717, 1.165) is 25.1 Å². The Morgan fingerprint density at radius 1 is 1.38 bits per heavy atom. The Labute approximate surface area is 125 Å². The van der Waals surface area contributed by atoms with Gasteiger partial charge in [0.1, 0.15) is 11.4 Å². The minimum atomic E-state index is -0.478. The van der Waals surface area contributed by atoms with Gasteiger partial charge in [-0.05, 0) is 57.9 Å². The van der Waals surface area contributed by atoms with Crippen LogP contribution in [-0.2, 0) is 4.74 Å². The van der Waals surface area contributed by atoms with Gasteiger partial charge in [0.15, 0.2) is 0 Å². The van der Waals surface area contributed by atoms with E-state index in [4.69, 9.17) is 4.74 Å². The normalized spacial score (nSPS) is 18.7. The van der Waals surface area contributed by atoms with Gasteiger partial charge in [0.25, 0.3) is 0 Å². The lowest BCUT2D eigenvalue weighted by atomic mass is 10.2. The van der Waals surface area contributed by atoms with Crippen molar-refractivity contribution in [3.8, 4) is 0 Å². The van der Waals surface area contributed by atoms with Crippen LogP contribution in [0, 0.1) is 5.82 Å². The van der Waals surface area contributed by atoms with Gasteiger partial charge in [-0.3, -0.25) is 0 Å². The maximum atomic E-state index is 12.9. The molecule has 1 fully saturated rings. The molecule has 1 atom stereocenters. The Kier molecular flexibility index (Phi) is 4.70. The zero-order valence-corrected chi connectivity index (χ0v) is 12.9. The number of rotatable bonds is 3. The van der Waals surface area contributed by atoms with E-state index in [2.05, 4.69) is 5.32 Å². The molecule has 0 spiro atoms. The molecule has 4 nitrogen and oxygen atoms in total. The van der Waals surface area contributed by atoms with E-state index in [0.29, 0.717) is 6.54 Å². The van der Waals surface area contributed by atoms with Crippen LogP contribution in [0.2, 0.25) is 0 Å². The summed E-state index contributed by atoms with van der Waals surface area (Å²) in [7, 11) is 0. The average molecular weight is 294 g/mol. The number of ether oxygens (including phenoxy) is 1. The number of hydrogen-bond acceptors (Lipinski definition) is 3. The van der Waals surface area contributed by atoms with Crippen LogP contribution < -0.4 is 5.32 Å². The van der Waals surface area contributed by atoms with Crippen LogP contribution in [0.25, 0.3) is 0 Å². The molecule has 0 radical (unpaired) electrons. The molecule has 21 heavy (non-hydrogen) atoms. The largest absolute Gasteiger partial charge is 0.444 e. The molecule has 2 rings (SSSR count). The highest BCUT2D eigenvalue weighted by Gasteiger charge is 2.31. The van der Waals surface area contributed by atoms with Crippen LogP contribution in [0.1, 0.15) is 33.6 Å². The number of carbonyl (C=O) groups is 1. The Bertz CT molecular complexity index is 482. The standard InChI is InChI=1S/C16H23FN2O2/c1-16(2,3)21-15(20)19-10-4-5-14(19)11-18-13-8-6-12(17)7-9-13/h6-9,14,18H,4-5,10-11H2,1-3H3/t14-/m1/s1. The van der Waals surface area contributed by atoms with E-state index in [1.54, 1.807) is 17.0 Å². The fraction of sp³-hybridized carbons (Fsp3) is 0.562. The highest BCUT2D eigenvalue weighted by molar-refractivity contribution is 5.69. The van der Waals surface area contributed by atoms with Gasteiger partial charge in [0.05, 0.1) is 6.04 Å². The van der Waals surface area contributed by atoms with Crippen molar-refractivity contribution in [1.82, 2.24) is 4.90 Å². The number of nitrogens with zero attached hydrogens (tertiary/aromatic N) is 1. The summed E-state index contributed by atoms with van der Waals surface area (Å²) in [5.41, 5.74) is 0.377. The monoisotopic (exact) mass is 294 g/mol. The zero-order valence-electron chi connectivity index (χ0n) is 12.9. The van der Waals surface area contributed by atoms with Gasteiger partial charge in [0, 0.05) is 18.8 Å². The third kappa shape index (κ3) is 4.62. The number of hydrogen-bond donors (Lipinski definition) is 1. The summed E-state index contributed by atoms with van der Waals surface area (Å²) in [6.45, 7) is 6.97. The highest BCUT2D eigenvalue weighted by Crippen LogP contribution is 2.21. The van der Waals surface area contributed by atoms with E-state index in [-0.39, 0.29) is 18.0 Å². The third-order valence-corrected chi connectivity index (χ3v) is 3.39.